The Bertz CT molecular complexity index is 1040. The van der Waals surface area contributed by atoms with Gasteiger partial charge in [-0.25, -0.2) is 4.98 Å². The zero-order valence-corrected chi connectivity index (χ0v) is 18.2. The van der Waals surface area contributed by atoms with Gasteiger partial charge < -0.3 is 10.1 Å². The van der Waals surface area contributed by atoms with Gasteiger partial charge in [-0.15, -0.1) is 11.3 Å². The third kappa shape index (κ3) is 5.46. The Labute approximate surface area is 181 Å². The molecule has 5 nitrogen and oxygen atoms in total. The van der Waals surface area contributed by atoms with Crippen molar-refractivity contribution < 1.29 is 9.53 Å². The number of aromatic nitrogens is 1. The summed E-state index contributed by atoms with van der Waals surface area (Å²) >= 11 is 1.61. The highest BCUT2D eigenvalue weighted by Gasteiger charge is 2.25. The van der Waals surface area contributed by atoms with Gasteiger partial charge in [-0.05, 0) is 25.0 Å². The van der Waals surface area contributed by atoms with E-state index in [-0.39, 0.29) is 11.8 Å². The van der Waals surface area contributed by atoms with Crippen molar-refractivity contribution in [3.05, 3.63) is 70.7 Å². The Balaban J connectivity index is 1.57. The first-order chi connectivity index (χ1) is 14.5. The highest BCUT2D eigenvalue weighted by atomic mass is 32.1. The van der Waals surface area contributed by atoms with E-state index in [1.165, 1.54) is 5.56 Å². The number of nitrogens with zero attached hydrogens (tertiary/aromatic N) is 2. The number of thiazole rings is 1. The first kappa shape index (κ1) is 21.5. The zero-order chi connectivity index (χ0) is 21.5. The summed E-state index contributed by atoms with van der Waals surface area (Å²) in [6.45, 7) is 6.39. The number of hydrogen-bond acceptors (Lipinski definition) is 5. The maximum absolute atomic E-state index is 12.7. The first-order valence-electron chi connectivity index (χ1n) is 9.93. The van der Waals surface area contributed by atoms with Crippen molar-refractivity contribution in [2.75, 3.05) is 6.54 Å². The number of aryl methyl sites for hydroxylation is 1. The van der Waals surface area contributed by atoms with Gasteiger partial charge in [0.1, 0.15) is 16.8 Å². The summed E-state index contributed by atoms with van der Waals surface area (Å²) in [5, 5.41) is 15.2. The SMILES string of the molecule is Cc1ccc(-c2nc(CCNC(=O)C(Oc3ccccc3C#N)C(C)C)cs2)cc1. The second kappa shape index (κ2) is 10.0. The lowest BCUT2D eigenvalue weighted by Crippen LogP contribution is -2.42. The fourth-order valence-electron chi connectivity index (χ4n) is 2.96. The molecule has 0 spiro atoms. The quantitative estimate of drug-likeness (QED) is 0.572. The van der Waals surface area contributed by atoms with Gasteiger partial charge in [-0.3, -0.25) is 4.79 Å². The third-order valence-electron chi connectivity index (χ3n) is 4.66. The fourth-order valence-corrected chi connectivity index (χ4v) is 3.82. The summed E-state index contributed by atoms with van der Waals surface area (Å²) in [6, 6.07) is 17.4. The lowest BCUT2D eigenvalue weighted by atomic mass is 10.1. The van der Waals surface area contributed by atoms with Crippen LogP contribution in [0.15, 0.2) is 53.9 Å². The van der Waals surface area contributed by atoms with E-state index in [1.54, 1.807) is 35.6 Å². The van der Waals surface area contributed by atoms with Crippen LogP contribution in [0.2, 0.25) is 0 Å². The molecule has 0 saturated heterocycles. The maximum atomic E-state index is 12.7. The third-order valence-corrected chi connectivity index (χ3v) is 5.60. The molecule has 1 heterocycles. The Morgan fingerprint density at radius 2 is 1.93 bits per heavy atom. The molecule has 2 aromatic carbocycles. The molecule has 0 saturated carbocycles. The van der Waals surface area contributed by atoms with Gasteiger partial charge in [0, 0.05) is 23.9 Å². The topological polar surface area (TPSA) is 75.0 Å². The second-order valence-electron chi connectivity index (χ2n) is 7.44. The average Bonchev–Trinajstić information content (AvgIpc) is 3.21. The van der Waals surface area contributed by atoms with Gasteiger partial charge in [-0.1, -0.05) is 55.8 Å². The minimum atomic E-state index is -0.668. The molecule has 1 amide bonds. The van der Waals surface area contributed by atoms with E-state index in [0.29, 0.717) is 24.3 Å². The standard InChI is InChI=1S/C24H25N3O2S/c1-16(2)22(29-21-7-5-4-6-19(21)14-25)23(28)26-13-12-20-15-30-24(27-20)18-10-8-17(3)9-11-18/h4-11,15-16,22H,12-13H2,1-3H3,(H,26,28). The summed E-state index contributed by atoms with van der Waals surface area (Å²) < 4.78 is 5.89. The molecule has 30 heavy (non-hydrogen) atoms. The number of carbonyl (C=O) groups is 1. The fraction of sp³-hybridized carbons (Fsp3) is 0.292. The molecular weight excluding hydrogens is 394 g/mol. The smallest absolute Gasteiger partial charge is 0.261 e. The van der Waals surface area contributed by atoms with Gasteiger partial charge in [0.2, 0.25) is 0 Å². The van der Waals surface area contributed by atoms with Crippen LogP contribution < -0.4 is 10.1 Å². The Morgan fingerprint density at radius 1 is 1.20 bits per heavy atom. The van der Waals surface area contributed by atoms with Crippen LogP contribution in [0.4, 0.5) is 0 Å². The number of amides is 1. The largest absolute Gasteiger partial charge is 0.479 e. The normalized spacial score (nSPS) is 11.7. The van der Waals surface area contributed by atoms with Crippen molar-refractivity contribution >= 4 is 17.2 Å². The van der Waals surface area contributed by atoms with Crippen LogP contribution in [0.25, 0.3) is 10.6 Å². The molecule has 1 atom stereocenters. The number of nitrogens with one attached hydrogen (secondary N) is 1. The molecule has 3 rings (SSSR count). The van der Waals surface area contributed by atoms with Crippen molar-refractivity contribution in [1.82, 2.24) is 10.3 Å². The average molecular weight is 420 g/mol. The van der Waals surface area contributed by atoms with Crippen molar-refractivity contribution in [2.45, 2.75) is 33.3 Å². The summed E-state index contributed by atoms with van der Waals surface area (Å²) in [6.07, 6.45) is -0.0219. The molecule has 0 radical (unpaired) electrons. The van der Waals surface area contributed by atoms with Crippen LogP contribution in [0.5, 0.6) is 5.75 Å². The molecule has 1 aromatic heterocycles. The van der Waals surface area contributed by atoms with E-state index in [2.05, 4.69) is 47.6 Å². The number of ether oxygens (including phenoxy) is 1. The van der Waals surface area contributed by atoms with Gasteiger partial charge in [-0.2, -0.15) is 5.26 Å². The van der Waals surface area contributed by atoms with Gasteiger partial charge >= 0.3 is 0 Å². The Kier molecular flexibility index (Phi) is 7.21. The highest BCUT2D eigenvalue weighted by molar-refractivity contribution is 7.13. The van der Waals surface area contributed by atoms with Crippen LogP contribution in [-0.2, 0) is 11.2 Å². The number of carbonyl (C=O) groups excluding carboxylic acids is 1. The summed E-state index contributed by atoms with van der Waals surface area (Å²) in [4.78, 5) is 17.4. The number of benzene rings is 2. The maximum Gasteiger partial charge on any atom is 0.261 e. The summed E-state index contributed by atoms with van der Waals surface area (Å²) in [5.74, 6) is 0.201. The lowest BCUT2D eigenvalue weighted by Gasteiger charge is -2.22. The first-order valence-corrected chi connectivity index (χ1v) is 10.8. The number of para-hydroxylation sites is 1. The van der Waals surface area contributed by atoms with Crippen LogP contribution in [0, 0.1) is 24.2 Å². The molecule has 3 aromatic rings. The lowest BCUT2D eigenvalue weighted by molar-refractivity contribution is -0.129. The van der Waals surface area contributed by atoms with E-state index in [9.17, 15) is 10.1 Å². The Morgan fingerprint density at radius 3 is 2.63 bits per heavy atom. The van der Waals surface area contributed by atoms with Crippen LogP contribution in [-0.4, -0.2) is 23.5 Å². The van der Waals surface area contributed by atoms with E-state index >= 15 is 0 Å². The molecule has 1 unspecified atom stereocenters. The molecule has 0 aliphatic carbocycles. The zero-order valence-electron chi connectivity index (χ0n) is 17.4. The van der Waals surface area contributed by atoms with Crippen molar-refractivity contribution in [3.63, 3.8) is 0 Å². The van der Waals surface area contributed by atoms with E-state index in [0.717, 1.165) is 16.3 Å². The molecule has 0 aliphatic rings. The summed E-state index contributed by atoms with van der Waals surface area (Å²) in [7, 11) is 0. The number of nitriles is 1. The number of hydrogen-bond donors (Lipinski definition) is 1. The van der Waals surface area contributed by atoms with Crippen molar-refractivity contribution in [2.24, 2.45) is 5.92 Å². The molecule has 0 fully saturated rings. The van der Waals surface area contributed by atoms with Crippen molar-refractivity contribution in [3.8, 4) is 22.4 Å². The van der Waals surface area contributed by atoms with E-state index in [1.807, 2.05) is 19.2 Å². The predicted molar refractivity (Wildman–Crippen MR) is 119 cm³/mol. The van der Waals surface area contributed by atoms with Crippen molar-refractivity contribution in [1.29, 1.82) is 5.26 Å². The van der Waals surface area contributed by atoms with Gasteiger partial charge in [0.15, 0.2) is 6.10 Å². The van der Waals surface area contributed by atoms with Gasteiger partial charge in [0.25, 0.3) is 5.91 Å². The molecule has 6 heteroatoms. The predicted octanol–water partition coefficient (Wildman–Crippen LogP) is 4.75. The summed E-state index contributed by atoms with van der Waals surface area (Å²) in [5.41, 5.74) is 3.69. The highest BCUT2D eigenvalue weighted by Crippen LogP contribution is 2.24. The molecular formula is C24H25N3O2S. The second-order valence-corrected chi connectivity index (χ2v) is 8.30. The van der Waals surface area contributed by atoms with Crippen LogP contribution in [0.3, 0.4) is 0 Å². The molecule has 0 bridgehead atoms. The monoisotopic (exact) mass is 419 g/mol. The van der Waals surface area contributed by atoms with Crippen LogP contribution >= 0.6 is 11.3 Å². The molecule has 1 N–H and O–H groups in total. The van der Waals surface area contributed by atoms with Crippen LogP contribution in [0.1, 0.15) is 30.7 Å². The minimum absolute atomic E-state index is 0.0378. The van der Waals surface area contributed by atoms with E-state index in [4.69, 9.17) is 4.74 Å². The minimum Gasteiger partial charge on any atom is -0.479 e. The Hall–Kier alpha value is -3.17. The van der Waals surface area contributed by atoms with E-state index < -0.39 is 6.10 Å². The molecule has 0 aliphatic heterocycles. The molecule has 154 valence electrons. The van der Waals surface area contributed by atoms with Gasteiger partial charge in [0.05, 0.1) is 11.3 Å². The number of rotatable bonds is 8.